The maximum atomic E-state index is 10.4. The lowest BCUT2D eigenvalue weighted by atomic mass is 10.4. The Morgan fingerprint density at radius 3 is 2.20 bits per heavy atom. The fraction of sp³-hybridized carbons (Fsp3) is 0.333. The van der Waals surface area contributed by atoms with Gasteiger partial charge >= 0.3 is 5.97 Å². The van der Waals surface area contributed by atoms with Gasteiger partial charge in [0.05, 0.1) is 0 Å². The molecule has 0 radical (unpaired) electrons. The van der Waals surface area contributed by atoms with Gasteiger partial charge in [0.1, 0.15) is 5.70 Å². The van der Waals surface area contributed by atoms with Crippen LogP contribution in [0.2, 0.25) is 0 Å². The quantitative estimate of drug-likeness (QED) is 0.451. The number of hydrogen-bond donors (Lipinski definition) is 1. The van der Waals surface area contributed by atoms with Crippen molar-refractivity contribution in [1.82, 2.24) is 5.48 Å². The summed E-state index contributed by atoms with van der Waals surface area (Å²) in [4.78, 5) is 24.8. The highest BCUT2D eigenvalue weighted by Gasteiger charge is 1.99. The Kier molecular flexibility index (Phi) is 3.17. The van der Waals surface area contributed by atoms with Crippen LogP contribution in [-0.4, -0.2) is 11.8 Å². The molecular formula is C6H9NO3. The van der Waals surface area contributed by atoms with E-state index in [4.69, 9.17) is 0 Å². The first kappa shape index (κ1) is 8.68. The second-order valence-corrected chi connectivity index (χ2v) is 1.73. The number of hydrogen-bond acceptors (Lipinski definition) is 4. The molecule has 10 heavy (non-hydrogen) atoms. The van der Waals surface area contributed by atoms with Gasteiger partial charge in [-0.2, -0.15) is 0 Å². The van der Waals surface area contributed by atoms with Gasteiger partial charge in [0.2, 0.25) is 0 Å². The molecule has 0 heterocycles. The predicted octanol–water partition coefficient (Wildman–Crippen LogP) is 0.157. The summed E-state index contributed by atoms with van der Waals surface area (Å²) in [6, 6.07) is 0. The number of carbonyl (C=O) groups excluding carboxylic acids is 2. The van der Waals surface area contributed by atoms with Crippen LogP contribution in [0.25, 0.3) is 0 Å². The Balaban J connectivity index is 3.60. The van der Waals surface area contributed by atoms with E-state index in [0.29, 0.717) is 0 Å². The molecule has 4 heteroatoms. The average Bonchev–Trinajstić information content (AvgIpc) is 1.82. The van der Waals surface area contributed by atoms with Crippen LogP contribution in [0.5, 0.6) is 0 Å². The molecule has 0 aliphatic rings. The summed E-state index contributed by atoms with van der Waals surface area (Å²) in [6.07, 6.45) is 0. The van der Waals surface area contributed by atoms with Crippen molar-refractivity contribution in [3.05, 3.63) is 12.3 Å². The number of carbonyl (C=O) groups is 2. The number of Topliss-reactive ketones (excluding diaryl/α,β-unsaturated/α-hetero) is 1. The molecule has 1 N–H and O–H groups in total. The minimum absolute atomic E-state index is 0.0650. The summed E-state index contributed by atoms with van der Waals surface area (Å²) in [7, 11) is 0. The third-order valence-electron chi connectivity index (χ3n) is 0.743. The maximum Gasteiger partial charge on any atom is 0.329 e. The van der Waals surface area contributed by atoms with E-state index in [1.807, 2.05) is 0 Å². The Bertz CT molecular complexity index is 174. The first-order valence-electron chi connectivity index (χ1n) is 2.67. The molecule has 0 saturated heterocycles. The highest BCUT2D eigenvalue weighted by atomic mass is 16.7. The van der Waals surface area contributed by atoms with Gasteiger partial charge in [0.25, 0.3) is 0 Å². The van der Waals surface area contributed by atoms with E-state index in [9.17, 15) is 9.59 Å². The minimum Gasteiger partial charge on any atom is -0.344 e. The zero-order chi connectivity index (χ0) is 8.15. The number of rotatable bonds is 3. The Labute approximate surface area is 58.8 Å². The molecule has 0 saturated carbocycles. The number of nitrogens with one attached hydrogen (secondary N) is 1. The van der Waals surface area contributed by atoms with Crippen LogP contribution in [0.15, 0.2) is 12.3 Å². The Hall–Kier alpha value is -1.32. The summed E-state index contributed by atoms with van der Waals surface area (Å²) in [5.41, 5.74) is 2.15. The molecule has 0 aliphatic heterocycles. The van der Waals surface area contributed by atoms with Crippen LogP contribution in [-0.2, 0) is 14.4 Å². The van der Waals surface area contributed by atoms with Crippen LogP contribution in [0.4, 0.5) is 0 Å². The van der Waals surface area contributed by atoms with E-state index in [1.54, 1.807) is 0 Å². The Morgan fingerprint density at radius 1 is 1.40 bits per heavy atom. The van der Waals surface area contributed by atoms with Gasteiger partial charge in [-0.3, -0.25) is 9.59 Å². The fourth-order valence-electron chi connectivity index (χ4n) is 0.205. The smallest absolute Gasteiger partial charge is 0.329 e. The predicted molar refractivity (Wildman–Crippen MR) is 34.7 cm³/mol. The topological polar surface area (TPSA) is 55.4 Å². The van der Waals surface area contributed by atoms with Crippen molar-refractivity contribution in [2.24, 2.45) is 0 Å². The summed E-state index contributed by atoms with van der Waals surface area (Å²) in [6.45, 7) is 5.83. The van der Waals surface area contributed by atoms with Crippen LogP contribution < -0.4 is 5.48 Å². The highest BCUT2D eigenvalue weighted by molar-refractivity contribution is 5.91. The first-order valence-corrected chi connectivity index (χ1v) is 2.67. The van der Waals surface area contributed by atoms with Crippen molar-refractivity contribution < 1.29 is 14.4 Å². The summed E-state index contributed by atoms with van der Waals surface area (Å²) in [5, 5.41) is 0. The lowest BCUT2D eigenvalue weighted by molar-refractivity contribution is -0.147. The molecule has 0 aromatic carbocycles. The standard InChI is InChI=1S/C6H9NO3/c1-4(5(2)8)7-10-6(3)9/h7H,1H2,2-3H3. The van der Waals surface area contributed by atoms with Gasteiger partial charge in [-0.15, -0.1) is 0 Å². The molecule has 0 fully saturated rings. The lowest BCUT2D eigenvalue weighted by Crippen LogP contribution is -2.20. The third kappa shape index (κ3) is 3.65. The second-order valence-electron chi connectivity index (χ2n) is 1.73. The molecule has 0 unspecified atom stereocenters. The monoisotopic (exact) mass is 143 g/mol. The molecule has 0 aromatic heterocycles. The zero-order valence-corrected chi connectivity index (χ0v) is 5.93. The largest absolute Gasteiger partial charge is 0.344 e. The molecule has 0 aromatic rings. The van der Waals surface area contributed by atoms with Crippen LogP contribution >= 0.6 is 0 Å². The summed E-state index contributed by atoms with van der Waals surface area (Å²) >= 11 is 0. The van der Waals surface area contributed by atoms with Gasteiger partial charge in [-0.05, 0) is 0 Å². The molecule has 0 atom stereocenters. The molecule has 0 rings (SSSR count). The molecule has 4 nitrogen and oxygen atoms in total. The lowest BCUT2D eigenvalue weighted by Gasteiger charge is -2.02. The maximum absolute atomic E-state index is 10.4. The van der Waals surface area contributed by atoms with E-state index in [-0.39, 0.29) is 11.5 Å². The highest BCUT2D eigenvalue weighted by Crippen LogP contribution is 1.84. The SMILES string of the molecule is C=C(NOC(C)=O)C(C)=O. The van der Waals surface area contributed by atoms with Gasteiger partial charge in [0.15, 0.2) is 5.78 Å². The summed E-state index contributed by atoms with van der Waals surface area (Å²) < 4.78 is 0. The molecule has 0 bridgehead atoms. The van der Waals surface area contributed by atoms with E-state index in [2.05, 4.69) is 16.9 Å². The first-order chi connectivity index (χ1) is 4.54. The molecule has 0 amide bonds. The van der Waals surface area contributed by atoms with E-state index in [1.165, 1.54) is 13.8 Å². The molecule has 0 spiro atoms. The second kappa shape index (κ2) is 3.66. The number of hydroxylamine groups is 1. The van der Waals surface area contributed by atoms with Crippen molar-refractivity contribution in [3.63, 3.8) is 0 Å². The van der Waals surface area contributed by atoms with Crippen molar-refractivity contribution in [2.75, 3.05) is 0 Å². The van der Waals surface area contributed by atoms with Gasteiger partial charge in [-0.1, -0.05) is 6.58 Å². The van der Waals surface area contributed by atoms with E-state index >= 15 is 0 Å². The van der Waals surface area contributed by atoms with E-state index < -0.39 is 5.97 Å². The molecule has 0 aliphatic carbocycles. The molecule has 56 valence electrons. The average molecular weight is 143 g/mol. The fourth-order valence-corrected chi connectivity index (χ4v) is 0.205. The number of ketones is 1. The van der Waals surface area contributed by atoms with Gasteiger partial charge in [-0.25, -0.2) is 5.48 Å². The van der Waals surface area contributed by atoms with E-state index in [0.717, 1.165) is 0 Å². The van der Waals surface area contributed by atoms with Crippen molar-refractivity contribution in [2.45, 2.75) is 13.8 Å². The van der Waals surface area contributed by atoms with Crippen LogP contribution in [0.1, 0.15) is 13.8 Å². The third-order valence-corrected chi connectivity index (χ3v) is 0.743. The Morgan fingerprint density at radius 2 is 1.90 bits per heavy atom. The van der Waals surface area contributed by atoms with Crippen LogP contribution in [0, 0.1) is 0 Å². The number of allylic oxidation sites excluding steroid dienone is 1. The van der Waals surface area contributed by atoms with Crippen LogP contribution in [0.3, 0.4) is 0 Å². The zero-order valence-electron chi connectivity index (χ0n) is 5.93. The normalized spacial score (nSPS) is 8.20. The van der Waals surface area contributed by atoms with Crippen molar-refractivity contribution >= 4 is 11.8 Å². The molecular weight excluding hydrogens is 134 g/mol. The van der Waals surface area contributed by atoms with Crippen molar-refractivity contribution in [3.8, 4) is 0 Å². The minimum atomic E-state index is -0.512. The van der Waals surface area contributed by atoms with Gasteiger partial charge in [0, 0.05) is 13.8 Å². The summed E-state index contributed by atoms with van der Waals surface area (Å²) in [5.74, 6) is -0.774. The van der Waals surface area contributed by atoms with Gasteiger partial charge < -0.3 is 4.84 Å². The van der Waals surface area contributed by atoms with Crippen molar-refractivity contribution in [1.29, 1.82) is 0 Å².